The zero-order chi connectivity index (χ0) is 13.8. The molecule has 0 saturated carbocycles. The molecular formula is C16H12BrNO. The van der Waals surface area contributed by atoms with Crippen LogP contribution in [-0.2, 0) is 0 Å². The summed E-state index contributed by atoms with van der Waals surface area (Å²) in [4.78, 5) is 12.5. The molecule has 2 rings (SSSR count). The minimum absolute atomic E-state index is 0.160. The minimum atomic E-state index is -0.781. The monoisotopic (exact) mass is 313 g/mol. The molecule has 0 aliphatic heterocycles. The molecule has 2 aromatic carbocycles. The standard InChI is InChI=1S/C16H12BrNO/c1-11-6-2-3-7-12(11)16(19)14(10-18)13-8-4-5-9-15(13)17/h2-9,14H,1H3. The lowest BCUT2D eigenvalue weighted by atomic mass is 9.90. The SMILES string of the molecule is Cc1ccccc1C(=O)C(C#N)c1ccccc1Br. The van der Waals surface area contributed by atoms with Crippen molar-refractivity contribution in [1.29, 1.82) is 5.26 Å². The number of hydrogen-bond acceptors (Lipinski definition) is 2. The highest BCUT2D eigenvalue weighted by molar-refractivity contribution is 9.10. The predicted molar refractivity (Wildman–Crippen MR) is 78.0 cm³/mol. The summed E-state index contributed by atoms with van der Waals surface area (Å²) in [5, 5.41) is 9.33. The average Bonchev–Trinajstić information content (AvgIpc) is 2.42. The largest absolute Gasteiger partial charge is 0.292 e. The van der Waals surface area contributed by atoms with E-state index in [1.807, 2.05) is 43.3 Å². The Hall–Kier alpha value is -1.92. The lowest BCUT2D eigenvalue weighted by Crippen LogP contribution is -2.13. The highest BCUT2D eigenvalue weighted by atomic mass is 79.9. The summed E-state index contributed by atoms with van der Waals surface area (Å²) >= 11 is 3.39. The molecule has 0 aliphatic carbocycles. The Labute approximate surface area is 120 Å². The summed E-state index contributed by atoms with van der Waals surface area (Å²) in [5.74, 6) is -0.941. The van der Waals surface area contributed by atoms with Gasteiger partial charge in [0.15, 0.2) is 5.78 Å². The molecule has 0 fully saturated rings. The van der Waals surface area contributed by atoms with E-state index in [4.69, 9.17) is 0 Å². The van der Waals surface area contributed by atoms with Gasteiger partial charge in [0.25, 0.3) is 0 Å². The maximum Gasteiger partial charge on any atom is 0.184 e. The second-order valence-corrected chi connectivity index (χ2v) is 5.12. The van der Waals surface area contributed by atoms with E-state index >= 15 is 0 Å². The summed E-state index contributed by atoms with van der Waals surface area (Å²) in [6.45, 7) is 1.88. The molecule has 2 aromatic rings. The van der Waals surface area contributed by atoms with E-state index in [0.717, 1.165) is 10.0 Å². The predicted octanol–water partition coefficient (Wildman–Crippen LogP) is 4.25. The second kappa shape index (κ2) is 5.81. The number of nitriles is 1. The first-order chi connectivity index (χ1) is 9.15. The molecule has 3 heteroatoms. The van der Waals surface area contributed by atoms with Crippen LogP contribution in [0.3, 0.4) is 0 Å². The van der Waals surface area contributed by atoms with Gasteiger partial charge in [0.05, 0.1) is 6.07 Å². The van der Waals surface area contributed by atoms with E-state index in [1.54, 1.807) is 12.1 Å². The molecule has 0 aromatic heterocycles. The number of aryl methyl sites for hydroxylation is 1. The molecule has 0 radical (unpaired) electrons. The zero-order valence-electron chi connectivity index (χ0n) is 10.4. The molecule has 0 heterocycles. The topological polar surface area (TPSA) is 40.9 Å². The normalized spacial score (nSPS) is 11.6. The summed E-state index contributed by atoms with van der Waals surface area (Å²) in [5.41, 5.74) is 2.20. The molecule has 0 aliphatic rings. The molecule has 0 amide bonds. The number of hydrogen-bond donors (Lipinski definition) is 0. The van der Waals surface area contributed by atoms with Gasteiger partial charge in [0, 0.05) is 10.0 Å². The summed E-state index contributed by atoms with van der Waals surface area (Å²) in [6.07, 6.45) is 0. The van der Waals surface area contributed by atoms with Crippen LogP contribution in [0.25, 0.3) is 0 Å². The van der Waals surface area contributed by atoms with Crippen LogP contribution in [0.5, 0.6) is 0 Å². The maximum absolute atomic E-state index is 12.5. The molecular weight excluding hydrogens is 302 g/mol. The van der Waals surface area contributed by atoms with Crippen molar-refractivity contribution in [3.05, 3.63) is 69.7 Å². The lowest BCUT2D eigenvalue weighted by molar-refractivity contribution is 0.0978. The van der Waals surface area contributed by atoms with Crippen LogP contribution < -0.4 is 0 Å². The second-order valence-electron chi connectivity index (χ2n) is 4.26. The minimum Gasteiger partial charge on any atom is -0.292 e. The van der Waals surface area contributed by atoms with Gasteiger partial charge in [0.2, 0.25) is 0 Å². The van der Waals surface area contributed by atoms with Crippen molar-refractivity contribution in [2.24, 2.45) is 0 Å². The number of halogens is 1. The highest BCUT2D eigenvalue weighted by Crippen LogP contribution is 2.28. The number of carbonyl (C=O) groups is 1. The molecule has 0 saturated heterocycles. The van der Waals surface area contributed by atoms with Crippen LogP contribution in [0.2, 0.25) is 0 Å². The van der Waals surface area contributed by atoms with Gasteiger partial charge in [-0.2, -0.15) is 5.26 Å². The molecule has 0 N–H and O–H groups in total. The Bertz CT molecular complexity index is 658. The number of benzene rings is 2. The fourth-order valence-electron chi connectivity index (χ4n) is 1.98. The van der Waals surface area contributed by atoms with Gasteiger partial charge in [-0.25, -0.2) is 0 Å². The van der Waals surface area contributed by atoms with Gasteiger partial charge in [-0.05, 0) is 24.1 Å². The summed E-state index contributed by atoms with van der Waals surface area (Å²) in [7, 11) is 0. The van der Waals surface area contributed by atoms with Crippen molar-refractivity contribution in [3.8, 4) is 6.07 Å². The van der Waals surface area contributed by atoms with Gasteiger partial charge in [0.1, 0.15) is 5.92 Å². The van der Waals surface area contributed by atoms with Crippen LogP contribution >= 0.6 is 15.9 Å². The molecule has 0 bridgehead atoms. The van der Waals surface area contributed by atoms with Crippen LogP contribution in [0.4, 0.5) is 0 Å². The van der Waals surface area contributed by atoms with Crippen molar-refractivity contribution in [1.82, 2.24) is 0 Å². The first kappa shape index (κ1) is 13.5. The Morgan fingerprint density at radius 2 is 1.79 bits per heavy atom. The van der Waals surface area contributed by atoms with Gasteiger partial charge in [-0.3, -0.25) is 4.79 Å². The fraction of sp³-hybridized carbons (Fsp3) is 0.125. The van der Waals surface area contributed by atoms with E-state index in [0.29, 0.717) is 11.1 Å². The molecule has 2 nitrogen and oxygen atoms in total. The van der Waals surface area contributed by atoms with E-state index in [2.05, 4.69) is 22.0 Å². The van der Waals surface area contributed by atoms with E-state index in [-0.39, 0.29) is 5.78 Å². The van der Waals surface area contributed by atoms with Crippen LogP contribution in [-0.4, -0.2) is 5.78 Å². The quantitative estimate of drug-likeness (QED) is 0.795. The van der Waals surface area contributed by atoms with Gasteiger partial charge in [-0.1, -0.05) is 58.4 Å². The van der Waals surface area contributed by atoms with E-state index < -0.39 is 5.92 Å². The zero-order valence-corrected chi connectivity index (χ0v) is 12.0. The van der Waals surface area contributed by atoms with Crippen molar-refractivity contribution >= 4 is 21.7 Å². The fourth-order valence-corrected chi connectivity index (χ4v) is 2.50. The van der Waals surface area contributed by atoms with Crippen LogP contribution in [0.15, 0.2) is 53.0 Å². The van der Waals surface area contributed by atoms with Crippen molar-refractivity contribution in [3.63, 3.8) is 0 Å². The Morgan fingerprint density at radius 1 is 1.16 bits per heavy atom. The van der Waals surface area contributed by atoms with Crippen molar-refractivity contribution < 1.29 is 4.79 Å². The van der Waals surface area contributed by atoms with E-state index in [9.17, 15) is 10.1 Å². The summed E-state index contributed by atoms with van der Waals surface area (Å²) < 4.78 is 0.781. The average molecular weight is 314 g/mol. The van der Waals surface area contributed by atoms with Gasteiger partial charge >= 0.3 is 0 Å². The lowest BCUT2D eigenvalue weighted by Gasteiger charge is -2.12. The van der Waals surface area contributed by atoms with Crippen LogP contribution in [0, 0.1) is 18.3 Å². The Kier molecular flexibility index (Phi) is 4.13. The van der Waals surface area contributed by atoms with Gasteiger partial charge in [-0.15, -0.1) is 0 Å². The first-order valence-electron chi connectivity index (χ1n) is 5.89. The first-order valence-corrected chi connectivity index (χ1v) is 6.68. The van der Waals surface area contributed by atoms with Crippen molar-refractivity contribution in [2.75, 3.05) is 0 Å². The number of nitrogens with zero attached hydrogens (tertiary/aromatic N) is 1. The molecule has 94 valence electrons. The Morgan fingerprint density at radius 3 is 2.42 bits per heavy atom. The Balaban J connectivity index is 2.45. The van der Waals surface area contributed by atoms with Crippen LogP contribution in [0.1, 0.15) is 27.4 Å². The summed E-state index contributed by atoms with van der Waals surface area (Å²) in [6, 6.07) is 16.8. The maximum atomic E-state index is 12.5. The van der Waals surface area contributed by atoms with E-state index in [1.165, 1.54) is 0 Å². The smallest absolute Gasteiger partial charge is 0.184 e. The van der Waals surface area contributed by atoms with Crippen molar-refractivity contribution in [2.45, 2.75) is 12.8 Å². The third-order valence-electron chi connectivity index (χ3n) is 3.02. The number of Topliss-reactive ketones (excluding diaryl/α,β-unsaturated/α-hetero) is 1. The number of rotatable bonds is 3. The molecule has 1 atom stereocenters. The van der Waals surface area contributed by atoms with Gasteiger partial charge < -0.3 is 0 Å². The molecule has 19 heavy (non-hydrogen) atoms. The third kappa shape index (κ3) is 2.74. The molecule has 1 unspecified atom stereocenters. The number of carbonyl (C=O) groups excluding carboxylic acids is 1. The number of ketones is 1. The molecule has 0 spiro atoms. The third-order valence-corrected chi connectivity index (χ3v) is 3.74. The highest BCUT2D eigenvalue weighted by Gasteiger charge is 2.24.